The fraction of sp³-hybridized carbons (Fsp3) is 0.474. The largest absolute Gasteiger partial charge is 0.387 e. The van der Waals surface area contributed by atoms with Crippen LogP contribution in [0.25, 0.3) is 0 Å². The molecule has 4 rings (SSSR count). The first-order chi connectivity index (χ1) is 12.2. The third-order valence-corrected chi connectivity index (χ3v) is 4.90. The van der Waals surface area contributed by atoms with E-state index in [0.29, 0.717) is 19.8 Å². The number of rotatable bonds is 3. The molecular weight excluding hydrogens is 316 g/mol. The molecule has 1 unspecified atom stereocenters. The minimum atomic E-state index is -0.489. The van der Waals surface area contributed by atoms with E-state index in [2.05, 4.69) is 22.8 Å². The molecule has 1 aromatic heterocycles. The number of ether oxygens (including phenoxy) is 1. The number of β-amino-alcohol motifs (C(OH)–C–C–N with tert-alkyl or cyclic N) is 1. The summed E-state index contributed by atoms with van der Waals surface area (Å²) in [5.41, 5.74) is 3.21. The first kappa shape index (κ1) is 16.3. The normalized spacial score (nSPS) is 20.5. The van der Waals surface area contributed by atoms with E-state index in [0.717, 1.165) is 54.6 Å². The molecule has 1 aromatic carbocycles. The molecule has 1 fully saturated rings. The molecule has 1 atom stereocenters. The van der Waals surface area contributed by atoms with Crippen LogP contribution in [0.3, 0.4) is 0 Å². The predicted octanol–water partition coefficient (Wildman–Crippen LogP) is 1.93. The molecule has 2 aliphatic rings. The van der Waals surface area contributed by atoms with Gasteiger partial charge in [-0.3, -0.25) is 0 Å². The minimum Gasteiger partial charge on any atom is -0.387 e. The standard InChI is InChI=1S/C19H24N4O2/c1-2-15-11-18(21-19(20-15)22-7-9-25-10-8-22)23-12-14-5-3-4-6-16(14)17(24)13-23/h3-6,11,17,24H,2,7-10,12-13H2,1H3. The van der Waals surface area contributed by atoms with Gasteiger partial charge in [-0.1, -0.05) is 31.2 Å². The Morgan fingerprint density at radius 1 is 1.16 bits per heavy atom. The average molecular weight is 340 g/mol. The predicted molar refractivity (Wildman–Crippen MR) is 96.9 cm³/mol. The van der Waals surface area contributed by atoms with E-state index in [-0.39, 0.29) is 0 Å². The van der Waals surface area contributed by atoms with Crippen molar-refractivity contribution < 1.29 is 9.84 Å². The van der Waals surface area contributed by atoms with E-state index in [1.54, 1.807) is 0 Å². The lowest BCUT2D eigenvalue weighted by Gasteiger charge is -2.34. The van der Waals surface area contributed by atoms with Crippen molar-refractivity contribution in [1.29, 1.82) is 0 Å². The number of morpholine rings is 1. The fourth-order valence-electron chi connectivity index (χ4n) is 3.47. The Labute approximate surface area is 148 Å². The maximum atomic E-state index is 10.5. The molecule has 25 heavy (non-hydrogen) atoms. The van der Waals surface area contributed by atoms with Crippen molar-refractivity contribution in [2.45, 2.75) is 26.0 Å². The van der Waals surface area contributed by atoms with Crippen molar-refractivity contribution >= 4 is 11.8 Å². The lowest BCUT2D eigenvalue weighted by molar-refractivity contribution is 0.122. The van der Waals surface area contributed by atoms with Crippen molar-refractivity contribution in [2.75, 3.05) is 42.6 Å². The number of aliphatic hydroxyl groups excluding tert-OH is 1. The number of hydrogen-bond donors (Lipinski definition) is 1. The number of nitrogens with zero attached hydrogens (tertiary/aromatic N) is 4. The van der Waals surface area contributed by atoms with Crippen molar-refractivity contribution in [1.82, 2.24) is 9.97 Å². The van der Waals surface area contributed by atoms with Crippen LogP contribution >= 0.6 is 0 Å². The second kappa shape index (κ2) is 6.98. The van der Waals surface area contributed by atoms with Gasteiger partial charge in [0, 0.05) is 37.9 Å². The van der Waals surface area contributed by atoms with Gasteiger partial charge < -0.3 is 19.6 Å². The Morgan fingerprint density at radius 2 is 1.96 bits per heavy atom. The SMILES string of the molecule is CCc1cc(N2Cc3ccccc3C(O)C2)nc(N2CCOCC2)n1. The van der Waals surface area contributed by atoms with Gasteiger partial charge in [0.15, 0.2) is 0 Å². The third-order valence-electron chi connectivity index (χ3n) is 4.90. The van der Waals surface area contributed by atoms with Crippen LogP contribution in [0.1, 0.15) is 29.8 Å². The molecule has 1 saturated heterocycles. The zero-order chi connectivity index (χ0) is 17.2. The summed E-state index contributed by atoms with van der Waals surface area (Å²) in [4.78, 5) is 13.8. The molecule has 0 amide bonds. The number of aryl methyl sites for hydroxylation is 1. The Kier molecular flexibility index (Phi) is 4.55. The number of hydrogen-bond acceptors (Lipinski definition) is 6. The zero-order valence-electron chi connectivity index (χ0n) is 14.6. The summed E-state index contributed by atoms with van der Waals surface area (Å²) in [6, 6.07) is 10.1. The molecule has 2 aromatic rings. The number of fused-ring (bicyclic) bond motifs is 1. The van der Waals surface area contributed by atoms with Crippen LogP contribution in [0, 0.1) is 0 Å². The van der Waals surface area contributed by atoms with E-state index in [1.807, 2.05) is 24.3 Å². The van der Waals surface area contributed by atoms with Gasteiger partial charge in [-0.15, -0.1) is 0 Å². The molecule has 6 nitrogen and oxygen atoms in total. The van der Waals surface area contributed by atoms with E-state index in [1.165, 1.54) is 0 Å². The summed E-state index contributed by atoms with van der Waals surface area (Å²) in [6.07, 6.45) is 0.372. The molecular formula is C19H24N4O2. The smallest absolute Gasteiger partial charge is 0.227 e. The molecule has 1 N–H and O–H groups in total. The molecule has 2 aliphatic heterocycles. The van der Waals surface area contributed by atoms with Crippen LogP contribution in [-0.2, 0) is 17.7 Å². The third kappa shape index (κ3) is 3.32. The van der Waals surface area contributed by atoms with Crippen molar-refractivity contribution in [3.63, 3.8) is 0 Å². The summed E-state index contributed by atoms with van der Waals surface area (Å²) in [7, 11) is 0. The Balaban J connectivity index is 1.65. The summed E-state index contributed by atoms with van der Waals surface area (Å²) in [6.45, 7) is 6.48. The van der Waals surface area contributed by atoms with Crippen LogP contribution in [-0.4, -0.2) is 47.9 Å². The second-order valence-corrected chi connectivity index (χ2v) is 6.57. The lowest BCUT2D eigenvalue weighted by Crippen LogP contribution is -2.38. The fourth-order valence-corrected chi connectivity index (χ4v) is 3.47. The van der Waals surface area contributed by atoms with Crippen LogP contribution < -0.4 is 9.80 Å². The Morgan fingerprint density at radius 3 is 2.76 bits per heavy atom. The highest BCUT2D eigenvalue weighted by Gasteiger charge is 2.25. The van der Waals surface area contributed by atoms with Gasteiger partial charge in [0.05, 0.1) is 19.3 Å². The number of benzene rings is 1. The summed E-state index contributed by atoms with van der Waals surface area (Å²) < 4.78 is 5.44. The van der Waals surface area contributed by atoms with Crippen LogP contribution in [0.2, 0.25) is 0 Å². The van der Waals surface area contributed by atoms with Crippen molar-refractivity contribution in [3.8, 4) is 0 Å². The van der Waals surface area contributed by atoms with Crippen LogP contribution in [0.5, 0.6) is 0 Å². The zero-order valence-corrected chi connectivity index (χ0v) is 14.6. The topological polar surface area (TPSA) is 61.7 Å². The summed E-state index contributed by atoms with van der Waals surface area (Å²) >= 11 is 0. The van der Waals surface area contributed by atoms with Gasteiger partial charge in [-0.2, -0.15) is 4.98 Å². The Hall–Kier alpha value is -2.18. The second-order valence-electron chi connectivity index (χ2n) is 6.57. The number of aromatic nitrogens is 2. The highest BCUT2D eigenvalue weighted by Crippen LogP contribution is 2.30. The molecule has 0 aliphatic carbocycles. The maximum absolute atomic E-state index is 10.5. The first-order valence-corrected chi connectivity index (χ1v) is 8.96. The molecule has 0 bridgehead atoms. The molecule has 0 saturated carbocycles. The average Bonchev–Trinajstić information content (AvgIpc) is 2.68. The summed E-state index contributed by atoms with van der Waals surface area (Å²) in [5.74, 6) is 1.66. The van der Waals surface area contributed by atoms with Crippen molar-refractivity contribution in [3.05, 3.63) is 47.2 Å². The molecule has 132 valence electrons. The van der Waals surface area contributed by atoms with Gasteiger partial charge in [0.25, 0.3) is 0 Å². The Bertz CT molecular complexity index is 746. The molecule has 0 radical (unpaired) electrons. The van der Waals surface area contributed by atoms with Gasteiger partial charge in [0.1, 0.15) is 5.82 Å². The summed E-state index contributed by atoms with van der Waals surface area (Å²) in [5, 5.41) is 10.5. The van der Waals surface area contributed by atoms with Gasteiger partial charge in [-0.05, 0) is 17.5 Å². The highest BCUT2D eigenvalue weighted by atomic mass is 16.5. The van der Waals surface area contributed by atoms with Gasteiger partial charge >= 0.3 is 0 Å². The number of anilines is 2. The van der Waals surface area contributed by atoms with Crippen molar-refractivity contribution in [2.24, 2.45) is 0 Å². The van der Waals surface area contributed by atoms with E-state index in [9.17, 15) is 5.11 Å². The van der Waals surface area contributed by atoms with E-state index in [4.69, 9.17) is 14.7 Å². The number of aliphatic hydroxyl groups is 1. The van der Waals surface area contributed by atoms with Crippen LogP contribution in [0.4, 0.5) is 11.8 Å². The quantitative estimate of drug-likeness (QED) is 0.921. The minimum absolute atomic E-state index is 0.489. The van der Waals surface area contributed by atoms with E-state index < -0.39 is 6.10 Å². The van der Waals surface area contributed by atoms with Crippen LogP contribution in [0.15, 0.2) is 30.3 Å². The van der Waals surface area contributed by atoms with Gasteiger partial charge in [-0.25, -0.2) is 4.98 Å². The van der Waals surface area contributed by atoms with E-state index >= 15 is 0 Å². The highest BCUT2D eigenvalue weighted by molar-refractivity contribution is 5.49. The first-order valence-electron chi connectivity index (χ1n) is 8.96. The molecule has 6 heteroatoms. The van der Waals surface area contributed by atoms with Gasteiger partial charge in [0.2, 0.25) is 5.95 Å². The maximum Gasteiger partial charge on any atom is 0.227 e. The molecule has 3 heterocycles. The monoisotopic (exact) mass is 340 g/mol. The molecule has 0 spiro atoms. The lowest BCUT2D eigenvalue weighted by atomic mass is 9.97.